The number of aliphatic carboxylic acids is 1. The van der Waals surface area contributed by atoms with Crippen LogP contribution in [0.5, 0.6) is 5.75 Å². The Balaban J connectivity index is 2.55. The second-order valence-electron chi connectivity index (χ2n) is 3.09. The smallest absolute Gasteiger partial charge is 0.309 e. The topological polar surface area (TPSA) is 63.8 Å². The number of ether oxygens (including phenoxy) is 1. The number of carbonyl (C=O) groups is 1. The fourth-order valence-corrected chi connectivity index (χ4v) is 1.48. The predicted octanol–water partition coefficient (Wildman–Crippen LogP) is 0.970. The summed E-state index contributed by atoms with van der Waals surface area (Å²) in [4.78, 5) is 14.7. The van der Waals surface area contributed by atoms with Crippen molar-refractivity contribution in [3.63, 3.8) is 0 Å². The molecule has 0 fully saturated rings. The summed E-state index contributed by atoms with van der Waals surface area (Å²) in [7, 11) is 1.56. The number of aromatic nitrogens is 2. The lowest BCUT2D eigenvalue weighted by Gasteiger charge is -2.02. The third-order valence-corrected chi connectivity index (χ3v) is 2.13. The number of hydrogen-bond acceptors (Lipinski definition) is 3. The van der Waals surface area contributed by atoms with Crippen LogP contribution in [-0.4, -0.2) is 27.6 Å². The minimum Gasteiger partial charge on any atom is -0.493 e. The molecule has 0 radical (unpaired) electrons. The second-order valence-corrected chi connectivity index (χ2v) is 3.09. The molecule has 2 aromatic rings. The van der Waals surface area contributed by atoms with Crippen molar-refractivity contribution in [3.05, 3.63) is 30.2 Å². The summed E-state index contributed by atoms with van der Waals surface area (Å²) < 4.78 is 6.83. The van der Waals surface area contributed by atoms with E-state index in [1.807, 2.05) is 0 Å². The van der Waals surface area contributed by atoms with E-state index in [-0.39, 0.29) is 6.42 Å². The molecule has 0 aliphatic rings. The molecule has 0 amide bonds. The van der Waals surface area contributed by atoms with Crippen LogP contribution in [0.3, 0.4) is 0 Å². The van der Waals surface area contributed by atoms with Gasteiger partial charge in [-0.3, -0.25) is 4.79 Å². The van der Waals surface area contributed by atoms with E-state index in [4.69, 9.17) is 9.84 Å². The summed E-state index contributed by atoms with van der Waals surface area (Å²) >= 11 is 0. The lowest BCUT2D eigenvalue weighted by Crippen LogP contribution is -2.03. The normalized spacial score (nSPS) is 10.5. The van der Waals surface area contributed by atoms with Gasteiger partial charge in [-0.25, -0.2) is 4.98 Å². The van der Waals surface area contributed by atoms with Crippen molar-refractivity contribution in [2.45, 2.75) is 6.42 Å². The highest BCUT2D eigenvalue weighted by Crippen LogP contribution is 2.18. The highest BCUT2D eigenvalue weighted by atomic mass is 16.5. The molecule has 0 spiro atoms. The summed E-state index contributed by atoms with van der Waals surface area (Å²) in [6.45, 7) is 0. The van der Waals surface area contributed by atoms with Crippen molar-refractivity contribution in [2.75, 3.05) is 7.11 Å². The SMILES string of the molecule is COc1cccn2c(CC(=O)O)cnc12. The number of pyridine rings is 1. The summed E-state index contributed by atoms with van der Waals surface area (Å²) in [5, 5.41) is 8.70. The highest BCUT2D eigenvalue weighted by molar-refractivity contribution is 5.70. The summed E-state index contributed by atoms with van der Waals surface area (Å²) in [5.74, 6) is -0.242. The molecule has 5 heteroatoms. The molecule has 0 aromatic carbocycles. The van der Waals surface area contributed by atoms with E-state index in [9.17, 15) is 4.79 Å². The van der Waals surface area contributed by atoms with Crippen LogP contribution in [0.4, 0.5) is 0 Å². The molecule has 2 rings (SSSR count). The number of rotatable bonds is 3. The van der Waals surface area contributed by atoms with Crippen LogP contribution in [0.15, 0.2) is 24.5 Å². The fourth-order valence-electron chi connectivity index (χ4n) is 1.48. The van der Waals surface area contributed by atoms with E-state index in [2.05, 4.69) is 4.98 Å². The van der Waals surface area contributed by atoms with Gasteiger partial charge < -0.3 is 14.2 Å². The Bertz CT molecular complexity index is 504. The number of carboxylic acid groups (broad SMARTS) is 1. The highest BCUT2D eigenvalue weighted by Gasteiger charge is 2.09. The standard InChI is InChI=1S/C10H10N2O3/c1-15-8-3-2-4-12-7(5-9(13)14)6-11-10(8)12/h2-4,6H,5H2,1H3,(H,13,14). The molecular weight excluding hydrogens is 196 g/mol. The Kier molecular flexibility index (Phi) is 2.29. The molecule has 0 atom stereocenters. The first-order chi connectivity index (χ1) is 7.22. The van der Waals surface area contributed by atoms with Gasteiger partial charge in [0.15, 0.2) is 11.4 Å². The molecule has 15 heavy (non-hydrogen) atoms. The van der Waals surface area contributed by atoms with E-state index < -0.39 is 5.97 Å². The Hall–Kier alpha value is -2.04. The van der Waals surface area contributed by atoms with Crippen LogP contribution in [0.25, 0.3) is 5.65 Å². The molecule has 1 N–H and O–H groups in total. The summed E-state index contributed by atoms with van der Waals surface area (Å²) in [6, 6.07) is 3.58. The van der Waals surface area contributed by atoms with Crippen LogP contribution >= 0.6 is 0 Å². The van der Waals surface area contributed by atoms with Crippen molar-refractivity contribution in [1.29, 1.82) is 0 Å². The van der Waals surface area contributed by atoms with Crippen molar-refractivity contribution >= 4 is 11.6 Å². The first kappa shape index (κ1) is 9.51. The van der Waals surface area contributed by atoms with Crippen molar-refractivity contribution in [3.8, 4) is 5.75 Å². The molecule has 5 nitrogen and oxygen atoms in total. The maximum atomic E-state index is 10.6. The number of hydrogen-bond donors (Lipinski definition) is 1. The van der Waals surface area contributed by atoms with Crippen LogP contribution in [0.2, 0.25) is 0 Å². The van der Waals surface area contributed by atoms with Gasteiger partial charge in [0.1, 0.15) is 0 Å². The van der Waals surface area contributed by atoms with Crippen molar-refractivity contribution in [1.82, 2.24) is 9.38 Å². The van der Waals surface area contributed by atoms with E-state index >= 15 is 0 Å². The Labute approximate surface area is 85.9 Å². The number of fused-ring (bicyclic) bond motifs is 1. The number of carboxylic acids is 1. The first-order valence-corrected chi connectivity index (χ1v) is 4.43. The zero-order chi connectivity index (χ0) is 10.8. The van der Waals surface area contributed by atoms with E-state index in [0.717, 1.165) is 0 Å². The van der Waals surface area contributed by atoms with Gasteiger partial charge in [0.25, 0.3) is 0 Å². The number of nitrogens with zero attached hydrogens (tertiary/aromatic N) is 2. The third kappa shape index (κ3) is 1.63. The zero-order valence-corrected chi connectivity index (χ0v) is 8.17. The molecule has 78 valence electrons. The van der Waals surface area contributed by atoms with E-state index in [0.29, 0.717) is 17.1 Å². The molecule has 2 heterocycles. The van der Waals surface area contributed by atoms with Gasteiger partial charge in [-0.1, -0.05) is 0 Å². The number of imidazole rings is 1. The molecule has 0 saturated heterocycles. The molecular formula is C10H10N2O3. The van der Waals surface area contributed by atoms with Crippen LogP contribution in [-0.2, 0) is 11.2 Å². The van der Waals surface area contributed by atoms with E-state index in [1.165, 1.54) is 0 Å². The van der Waals surface area contributed by atoms with Crippen molar-refractivity contribution < 1.29 is 14.6 Å². The second kappa shape index (κ2) is 3.61. The van der Waals surface area contributed by atoms with Gasteiger partial charge in [-0.05, 0) is 12.1 Å². The lowest BCUT2D eigenvalue weighted by molar-refractivity contribution is -0.136. The molecule has 0 aliphatic carbocycles. The van der Waals surface area contributed by atoms with Gasteiger partial charge >= 0.3 is 5.97 Å². The summed E-state index contributed by atoms with van der Waals surface area (Å²) in [6.07, 6.45) is 3.27. The monoisotopic (exact) mass is 206 g/mol. The Morgan fingerprint density at radius 1 is 1.67 bits per heavy atom. The minimum absolute atomic E-state index is 0.0473. The van der Waals surface area contributed by atoms with Gasteiger partial charge in [0.05, 0.1) is 19.2 Å². The molecule has 0 saturated carbocycles. The van der Waals surface area contributed by atoms with Gasteiger partial charge in [-0.15, -0.1) is 0 Å². The fraction of sp³-hybridized carbons (Fsp3) is 0.200. The summed E-state index contributed by atoms with van der Waals surface area (Å²) in [5.41, 5.74) is 1.27. The molecule has 0 aliphatic heterocycles. The number of methoxy groups -OCH3 is 1. The maximum Gasteiger partial charge on any atom is 0.309 e. The zero-order valence-electron chi connectivity index (χ0n) is 8.17. The Morgan fingerprint density at radius 2 is 2.47 bits per heavy atom. The van der Waals surface area contributed by atoms with Crippen LogP contribution in [0.1, 0.15) is 5.69 Å². The average molecular weight is 206 g/mol. The minimum atomic E-state index is -0.875. The van der Waals surface area contributed by atoms with Gasteiger partial charge in [0.2, 0.25) is 0 Å². The van der Waals surface area contributed by atoms with Gasteiger partial charge in [0, 0.05) is 12.4 Å². The average Bonchev–Trinajstić information content (AvgIpc) is 2.61. The quantitative estimate of drug-likeness (QED) is 0.812. The Morgan fingerprint density at radius 3 is 3.13 bits per heavy atom. The van der Waals surface area contributed by atoms with Crippen LogP contribution < -0.4 is 4.74 Å². The molecule has 0 bridgehead atoms. The molecule has 2 aromatic heterocycles. The third-order valence-electron chi connectivity index (χ3n) is 2.13. The van der Waals surface area contributed by atoms with Crippen molar-refractivity contribution in [2.24, 2.45) is 0 Å². The largest absolute Gasteiger partial charge is 0.493 e. The first-order valence-electron chi connectivity index (χ1n) is 4.43. The van der Waals surface area contributed by atoms with E-state index in [1.54, 1.807) is 36.0 Å². The predicted molar refractivity (Wildman–Crippen MR) is 53.1 cm³/mol. The van der Waals surface area contributed by atoms with Crippen LogP contribution in [0, 0.1) is 0 Å². The van der Waals surface area contributed by atoms with Gasteiger partial charge in [-0.2, -0.15) is 0 Å². The maximum absolute atomic E-state index is 10.6. The lowest BCUT2D eigenvalue weighted by atomic mass is 10.3. The molecule has 0 unspecified atom stereocenters.